The molecule has 1 fully saturated rings. The number of carbonyl (C=O) groups is 2. The van der Waals surface area contributed by atoms with E-state index in [2.05, 4.69) is 20.0 Å². The standard InChI is InChI=1S/C23H36ClFN7O8PS/c1-11(2)39-18(34)12(3)31-41(36,37-7-8-42-20(35)22(4,5)6)38-9-13-15(33)23(24,25)19(40-13)32-10-28-14-16(26)29-21(27)30-17(14)32/h10-13,15,19,33H,7-9H2,1-6H3,(H,31,36)(H4,26,27,29,30)/t12-,13-,15-,19-,23-,41-/m1/s1. The molecule has 19 heteroatoms. The molecule has 0 amide bonds. The van der Waals surface area contributed by atoms with E-state index in [0.29, 0.717) is 0 Å². The van der Waals surface area contributed by atoms with Crippen molar-refractivity contribution < 1.29 is 42.2 Å². The Hall–Kier alpha value is -2.11. The second kappa shape index (κ2) is 13.3. The Morgan fingerprint density at radius 3 is 2.60 bits per heavy atom. The van der Waals surface area contributed by atoms with E-state index in [9.17, 15) is 19.3 Å². The van der Waals surface area contributed by atoms with Gasteiger partial charge in [0.15, 0.2) is 22.8 Å². The van der Waals surface area contributed by atoms with Crippen LogP contribution < -0.4 is 16.6 Å². The van der Waals surface area contributed by atoms with Gasteiger partial charge in [-0.3, -0.25) is 23.2 Å². The smallest absolute Gasteiger partial charge is 0.406 e. The van der Waals surface area contributed by atoms with E-state index in [4.69, 9.17) is 41.6 Å². The van der Waals surface area contributed by atoms with Gasteiger partial charge in [0.25, 0.3) is 5.13 Å². The highest BCUT2D eigenvalue weighted by Gasteiger charge is 2.58. The van der Waals surface area contributed by atoms with Gasteiger partial charge in [-0.05, 0) is 20.8 Å². The largest absolute Gasteiger partial charge is 0.462 e. The number of halogens is 2. The molecule has 6 N–H and O–H groups in total. The van der Waals surface area contributed by atoms with E-state index in [1.165, 1.54) is 6.92 Å². The lowest BCUT2D eigenvalue weighted by molar-refractivity contribution is -0.149. The monoisotopic (exact) mass is 655 g/mol. The molecule has 0 saturated carbocycles. The van der Waals surface area contributed by atoms with E-state index in [0.717, 1.165) is 22.7 Å². The summed E-state index contributed by atoms with van der Waals surface area (Å²) in [5, 5.41) is 10.1. The van der Waals surface area contributed by atoms with Crippen LogP contribution in [0.3, 0.4) is 0 Å². The minimum atomic E-state index is -4.33. The van der Waals surface area contributed by atoms with Gasteiger partial charge in [-0.25, -0.2) is 19.0 Å². The lowest BCUT2D eigenvalue weighted by atomic mass is 10.00. The first-order valence-corrected chi connectivity index (χ1v) is 15.8. The van der Waals surface area contributed by atoms with Crippen LogP contribution in [0.1, 0.15) is 47.8 Å². The number of aliphatic hydroxyl groups excluding tert-OH is 1. The number of fused-ring (bicyclic) bond motifs is 1. The maximum absolute atomic E-state index is 15.7. The minimum Gasteiger partial charge on any atom is -0.462 e. The lowest BCUT2D eigenvalue weighted by Crippen LogP contribution is -2.39. The Kier molecular flexibility index (Phi) is 10.9. The average molecular weight is 656 g/mol. The molecule has 3 heterocycles. The summed E-state index contributed by atoms with van der Waals surface area (Å²) in [6.45, 7) is 9.03. The second-order valence-electron chi connectivity index (χ2n) is 10.8. The summed E-state index contributed by atoms with van der Waals surface area (Å²) in [6.07, 6.45) is -4.46. The van der Waals surface area contributed by atoms with Gasteiger partial charge in [-0.2, -0.15) is 9.97 Å². The molecule has 0 unspecified atom stereocenters. The summed E-state index contributed by atoms with van der Waals surface area (Å²) in [5.41, 5.74) is 11.0. The molecule has 6 atom stereocenters. The molecule has 3 rings (SSSR count). The fourth-order valence-corrected chi connectivity index (χ4v) is 6.33. The number of nitrogen functional groups attached to an aromatic ring is 2. The third-order valence-electron chi connectivity index (χ3n) is 5.75. The van der Waals surface area contributed by atoms with Gasteiger partial charge >= 0.3 is 13.7 Å². The molecule has 2 aromatic heterocycles. The number of esters is 1. The molecule has 1 aliphatic heterocycles. The summed E-state index contributed by atoms with van der Waals surface area (Å²) in [7, 11) is -4.33. The van der Waals surface area contributed by atoms with Crippen molar-refractivity contribution in [3.8, 4) is 0 Å². The number of nitrogens with zero attached hydrogens (tertiary/aromatic N) is 4. The first kappa shape index (κ1) is 34.4. The van der Waals surface area contributed by atoms with Crippen molar-refractivity contribution in [2.24, 2.45) is 5.41 Å². The highest BCUT2D eigenvalue weighted by Crippen LogP contribution is 2.49. The van der Waals surface area contributed by atoms with Crippen LogP contribution in [0, 0.1) is 5.41 Å². The van der Waals surface area contributed by atoms with E-state index in [1.807, 2.05) is 0 Å². The van der Waals surface area contributed by atoms with Gasteiger partial charge in [0, 0.05) is 11.2 Å². The molecule has 2 aromatic rings. The Morgan fingerprint density at radius 2 is 1.98 bits per heavy atom. The number of ether oxygens (including phenoxy) is 2. The van der Waals surface area contributed by atoms with Crippen molar-refractivity contribution in [2.75, 3.05) is 30.4 Å². The zero-order valence-corrected chi connectivity index (χ0v) is 26.4. The molecule has 1 saturated heterocycles. The summed E-state index contributed by atoms with van der Waals surface area (Å²) in [4.78, 5) is 36.4. The molecule has 0 aliphatic carbocycles. The Labute approximate surface area is 251 Å². The Bertz CT molecular complexity index is 1340. The quantitative estimate of drug-likeness (QED) is 0.112. The van der Waals surface area contributed by atoms with Gasteiger partial charge in [0.05, 0.1) is 25.6 Å². The Morgan fingerprint density at radius 1 is 1.31 bits per heavy atom. The molecule has 0 spiro atoms. The topological polar surface area (TPSA) is 216 Å². The van der Waals surface area contributed by atoms with Crippen molar-refractivity contribution >= 4 is 65.1 Å². The number of carbonyl (C=O) groups excluding carboxylic acids is 2. The number of nitrogens with one attached hydrogen (secondary N) is 1. The number of rotatable bonds is 12. The predicted molar refractivity (Wildman–Crippen MR) is 154 cm³/mol. The number of aliphatic hydroxyl groups is 1. The molecule has 236 valence electrons. The number of aromatic nitrogens is 4. The van der Waals surface area contributed by atoms with Gasteiger partial charge in [-0.1, -0.05) is 44.1 Å². The van der Waals surface area contributed by atoms with Gasteiger partial charge in [0.1, 0.15) is 23.8 Å². The summed E-state index contributed by atoms with van der Waals surface area (Å²) in [5.74, 6) is -0.887. The maximum Gasteiger partial charge on any atom is 0.406 e. The number of hydrogen-bond donors (Lipinski definition) is 4. The highest BCUT2D eigenvalue weighted by atomic mass is 35.5. The average Bonchev–Trinajstić information content (AvgIpc) is 3.37. The number of anilines is 2. The van der Waals surface area contributed by atoms with Crippen LogP contribution in [0.2, 0.25) is 0 Å². The maximum atomic E-state index is 15.7. The summed E-state index contributed by atoms with van der Waals surface area (Å²) in [6, 6.07) is -1.15. The van der Waals surface area contributed by atoms with Crippen LogP contribution in [0.5, 0.6) is 0 Å². The van der Waals surface area contributed by atoms with Gasteiger partial charge in [-0.15, -0.1) is 0 Å². The molecule has 42 heavy (non-hydrogen) atoms. The van der Waals surface area contributed by atoms with E-state index in [-0.39, 0.29) is 40.4 Å². The van der Waals surface area contributed by atoms with Crippen LogP contribution >= 0.6 is 31.1 Å². The number of hydrogen-bond acceptors (Lipinski definition) is 14. The normalized spacial score (nSPS) is 25.0. The predicted octanol–water partition coefficient (Wildman–Crippen LogP) is 2.53. The number of alkyl halides is 2. The molecular formula is C23H36ClFN7O8PS. The molecular weight excluding hydrogens is 620 g/mol. The third kappa shape index (κ3) is 8.08. The molecule has 0 radical (unpaired) electrons. The van der Waals surface area contributed by atoms with Crippen molar-refractivity contribution in [1.82, 2.24) is 24.6 Å². The van der Waals surface area contributed by atoms with Crippen LogP contribution in [0.25, 0.3) is 11.2 Å². The molecule has 1 aliphatic rings. The second-order valence-corrected chi connectivity index (χ2v) is 14.2. The SMILES string of the molecule is CC(C)OC(=O)[C@@H](C)N[P@@](=O)(OCCSC(=O)C(C)(C)C)OC[C@H]1O[C@@H](n2cnc3c(N)nc(N)nc32)[C@@](F)(Cl)[C@@H]1O. The minimum absolute atomic E-state index is 0.00286. The Balaban J connectivity index is 1.76. The lowest BCUT2D eigenvalue weighted by Gasteiger charge is -2.25. The van der Waals surface area contributed by atoms with Crippen LogP contribution in [0.4, 0.5) is 16.2 Å². The van der Waals surface area contributed by atoms with Crippen LogP contribution in [0.15, 0.2) is 6.33 Å². The van der Waals surface area contributed by atoms with Crippen molar-refractivity contribution in [3.05, 3.63) is 6.33 Å². The van der Waals surface area contributed by atoms with Crippen molar-refractivity contribution in [2.45, 2.75) is 77.3 Å². The van der Waals surface area contributed by atoms with Crippen molar-refractivity contribution in [1.29, 1.82) is 0 Å². The van der Waals surface area contributed by atoms with Crippen molar-refractivity contribution in [3.63, 3.8) is 0 Å². The molecule has 0 bridgehead atoms. The first-order valence-electron chi connectivity index (χ1n) is 12.9. The molecule has 15 nitrogen and oxygen atoms in total. The van der Waals surface area contributed by atoms with E-state index >= 15 is 4.39 Å². The highest BCUT2D eigenvalue weighted by molar-refractivity contribution is 8.13. The van der Waals surface area contributed by atoms with Gasteiger partial charge in [0.2, 0.25) is 5.95 Å². The fraction of sp³-hybridized carbons (Fsp3) is 0.696. The number of imidazole rings is 1. The summed E-state index contributed by atoms with van der Waals surface area (Å²) >= 11 is 7.05. The first-order chi connectivity index (χ1) is 19.4. The molecule has 0 aromatic carbocycles. The summed E-state index contributed by atoms with van der Waals surface area (Å²) < 4.78 is 52.2. The number of nitrogens with two attached hydrogens (primary N) is 2. The third-order valence-corrected chi connectivity index (χ3v) is 9.12. The zero-order valence-electron chi connectivity index (χ0n) is 23.9. The van der Waals surface area contributed by atoms with E-state index < -0.39 is 61.4 Å². The fourth-order valence-electron chi connectivity index (χ4n) is 3.65. The van der Waals surface area contributed by atoms with Gasteiger partial charge < -0.3 is 26.0 Å². The number of thioether (sulfide) groups is 1. The zero-order chi connectivity index (χ0) is 31.6. The van der Waals surface area contributed by atoms with E-state index in [1.54, 1.807) is 34.6 Å². The van der Waals surface area contributed by atoms with Crippen LogP contribution in [-0.2, 0) is 32.7 Å². The van der Waals surface area contributed by atoms with Crippen LogP contribution in [-0.4, -0.2) is 84.2 Å².